The second-order valence-corrected chi connectivity index (χ2v) is 27.4. The molecule has 0 fully saturated rings. The molecule has 0 aromatic heterocycles. The average Bonchev–Trinajstić information content (AvgIpc) is 3.54. The minimum absolute atomic E-state index is 0.0126. The summed E-state index contributed by atoms with van der Waals surface area (Å²) in [4.78, 5) is 24.7. The molecule has 0 saturated heterocycles. The van der Waals surface area contributed by atoms with E-state index in [9.17, 15) is 19.8 Å². The van der Waals surface area contributed by atoms with Gasteiger partial charge in [-0.2, -0.15) is 0 Å². The summed E-state index contributed by atoms with van der Waals surface area (Å²) < 4.78 is 5.51. The molecule has 0 saturated carbocycles. The van der Waals surface area contributed by atoms with E-state index in [1.807, 2.05) is 0 Å². The first-order valence-electron chi connectivity index (χ1n) is 39.6. The molecule has 0 rings (SSSR count). The monoisotopic (exact) mass is 1210 g/mol. The normalized spacial score (nSPS) is 12.6. The largest absolute Gasteiger partial charge is 0.466 e. The van der Waals surface area contributed by atoms with E-state index in [1.165, 1.54) is 366 Å². The summed E-state index contributed by atoms with van der Waals surface area (Å²) in [5.74, 6) is -0.0136. The molecule has 1 amide bonds. The van der Waals surface area contributed by atoms with Crippen LogP contribution in [0.15, 0.2) is 24.3 Å². The van der Waals surface area contributed by atoms with Gasteiger partial charge >= 0.3 is 5.97 Å². The SMILES string of the molecule is CCCCCC/C=C\C/C=C\CCCCCCCCCC(=O)OCCCCCCCCCCCCCCCCCCCCCCCCCCCCCCC(=O)NC(CO)C(O)CCCCCCCCCCCCCCCCCCCCCCCCC. The molecular formula is C80H155NO5. The first-order chi connectivity index (χ1) is 42.5. The number of carbonyl (C=O) groups excluding carboxylic acids is 2. The van der Waals surface area contributed by atoms with Crippen LogP contribution in [0, 0.1) is 0 Å². The third kappa shape index (κ3) is 71.4. The zero-order chi connectivity index (χ0) is 62.0. The predicted molar refractivity (Wildman–Crippen MR) is 380 cm³/mol. The van der Waals surface area contributed by atoms with Crippen LogP contribution < -0.4 is 5.32 Å². The minimum atomic E-state index is -0.663. The Labute approximate surface area is 539 Å². The summed E-state index contributed by atoms with van der Waals surface area (Å²) in [5, 5.41) is 23.5. The molecular weight excluding hydrogens is 1050 g/mol. The van der Waals surface area contributed by atoms with Crippen molar-refractivity contribution in [2.24, 2.45) is 0 Å². The fourth-order valence-electron chi connectivity index (χ4n) is 12.7. The van der Waals surface area contributed by atoms with Crippen molar-refractivity contribution in [2.75, 3.05) is 13.2 Å². The van der Waals surface area contributed by atoms with E-state index in [2.05, 4.69) is 43.5 Å². The van der Waals surface area contributed by atoms with Crippen molar-refractivity contribution < 1.29 is 24.5 Å². The van der Waals surface area contributed by atoms with Crippen molar-refractivity contribution in [3.05, 3.63) is 24.3 Å². The second kappa shape index (κ2) is 75.8. The zero-order valence-electron chi connectivity index (χ0n) is 58.6. The number of nitrogens with one attached hydrogen (secondary N) is 1. The lowest BCUT2D eigenvalue weighted by atomic mass is 10.0. The number of allylic oxidation sites excluding steroid dienone is 4. The Morgan fingerprint density at radius 1 is 0.326 bits per heavy atom. The van der Waals surface area contributed by atoms with Gasteiger partial charge in [-0.15, -0.1) is 0 Å². The van der Waals surface area contributed by atoms with Gasteiger partial charge in [0, 0.05) is 12.8 Å². The van der Waals surface area contributed by atoms with Gasteiger partial charge < -0.3 is 20.3 Å². The van der Waals surface area contributed by atoms with Crippen molar-refractivity contribution in [2.45, 2.75) is 463 Å². The third-order valence-corrected chi connectivity index (χ3v) is 18.8. The fraction of sp³-hybridized carbons (Fsp3) is 0.925. The molecule has 0 aliphatic heterocycles. The van der Waals surface area contributed by atoms with Crippen LogP contribution in [0.5, 0.6) is 0 Å². The van der Waals surface area contributed by atoms with Crippen LogP contribution in [-0.4, -0.2) is 47.4 Å². The maximum atomic E-state index is 12.6. The first-order valence-corrected chi connectivity index (χ1v) is 39.6. The number of hydrogen-bond acceptors (Lipinski definition) is 5. The summed E-state index contributed by atoms with van der Waals surface area (Å²) in [6, 6.07) is -0.540. The highest BCUT2D eigenvalue weighted by Gasteiger charge is 2.20. The summed E-state index contributed by atoms with van der Waals surface area (Å²) >= 11 is 0. The second-order valence-electron chi connectivity index (χ2n) is 27.4. The highest BCUT2D eigenvalue weighted by molar-refractivity contribution is 5.76. The van der Waals surface area contributed by atoms with E-state index in [4.69, 9.17) is 4.74 Å². The van der Waals surface area contributed by atoms with Crippen LogP contribution in [0.2, 0.25) is 0 Å². The lowest BCUT2D eigenvalue weighted by Gasteiger charge is -2.22. The Hall–Kier alpha value is -1.66. The molecule has 0 aromatic carbocycles. The van der Waals surface area contributed by atoms with Crippen molar-refractivity contribution in [1.29, 1.82) is 0 Å². The number of ether oxygens (including phenoxy) is 1. The van der Waals surface area contributed by atoms with Crippen LogP contribution in [0.25, 0.3) is 0 Å². The van der Waals surface area contributed by atoms with Crippen LogP contribution in [0.1, 0.15) is 450 Å². The van der Waals surface area contributed by atoms with Gasteiger partial charge in [0.2, 0.25) is 5.91 Å². The van der Waals surface area contributed by atoms with E-state index in [-0.39, 0.29) is 18.5 Å². The molecule has 0 bridgehead atoms. The molecule has 0 heterocycles. The summed E-state index contributed by atoms with van der Waals surface area (Å²) in [5.41, 5.74) is 0. The first kappa shape index (κ1) is 84.3. The van der Waals surface area contributed by atoms with Crippen LogP contribution in [-0.2, 0) is 14.3 Å². The van der Waals surface area contributed by atoms with Crippen LogP contribution >= 0.6 is 0 Å². The van der Waals surface area contributed by atoms with Gasteiger partial charge in [-0.3, -0.25) is 9.59 Å². The highest BCUT2D eigenvalue weighted by atomic mass is 16.5. The number of esters is 1. The molecule has 0 radical (unpaired) electrons. The number of aliphatic hydroxyl groups excluding tert-OH is 2. The van der Waals surface area contributed by atoms with Crippen molar-refractivity contribution >= 4 is 11.9 Å². The molecule has 0 aliphatic carbocycles. The lowest BCUT2D eigenvalue weighted by molar-refractivity contribution is -0.143. The molecule has 0 aromatic rings. The Morgan fingerprint density at radius 2 is 0.581 bits per heavy atom. The summed E-state index contributed by atoms with van der Waals surface area (Å²) in [6.07, 6.45) is 96.9. The van der Waals surface area contributed by atoms with Crippen molar-refractivity contribution in [3.63, 3.8) is 0 Å². The van der Waals surface area contributed by atoms with E-state index in [1.54, 1.807) is 0 Å². The number of amides is 1. The molecule has 510 valence electrons. The standard InChI is InChI=1S/C80H155NO5/c1-3-5-7-9-11-13-15-17-19-21-23-24-31-34-37-40-44-48-52-56-60-64-68-72-78(83)77(76-82)81-79(84)73-69-65-61-57-53-49-45-41-38-35-32-29-27-25-26-28-30-33-36-39-43-47-51-55-59-63-67-71-75-86-80(85)74-70-66-62-58-54-50-46-42-22-20-18-16-14-12-10-8-6-4-2/h14,16,20,22,77-78,82-83H,3-13,15,17-19,21,23-76H2,1-2H3,(H,81,84)/b16-14-,22-20-. The quantitative estimate of drug-likeness (QED) is 0.0320. The fourth-order valence-corrected chi connectivity index (χ4v) is 12.7. The Kier molecular flexibility index (Phi) is 74.3. The van der Waals surface area contributed by atoms with E-state index >= 15 is 0 Å². The van der Waals surface area contributed by atoms with E-state index < -0.39 is 12.1 Å². The Morgan fingerprint density at radius 3 is 0.895 bits per heavy atom. The maximum absolute atomic E-state index is 12.6. The Balaban J connectivity index is 3.34. The summed E-state index contributed by atoms with van der Waals surface area (Å²) in [6.45, 7) is 4.99. The van der Waals surface area contributed by atoms with E-state index in [0.29, 0.717) is 25.9 Å². The predicted octanol–water partition coefficient (Wildman–Crippen LogP) is 26.0. The maximum Gasteiger partial charge on any atom is 0.305 e. The topological polar surface area (TPSA) is 95.9 Å². The van der Waals surface area contributed by atoms with Gasteiger partial charge in [0.05, 0.1) is 25.4 Å². The highest BCUT2D eigenvalue weighted by Crippen LogP contribution is 2.20. The minimum Gasteiger partial charge on any atom is -0.466 e. The van der Waals surface area contributed by atoms with Gasteiger partial charge in [0.25, 0.3) is 0 Å². The van der Waals surface area contributed by atoms with Gasteiger partial charge in [0.15, 0.2) is 0 Å². The number of unbranched alkanes of at least 4 members (excludes halogenated alkanes) is 60. The number of aliphatic hydroxyl groups is 2. The van der Waals surface area contributed by atoms with Gasteiger partial charge in [0.1, 0.15) is 0 Å². The number of carbonyl (C=O) groups is 2. The number of rotatable bonds is 75. The van der Waals surface area contributed by atoms with E-state index in [0.717, 1.165) is 51.4 Å². The number of hydrogen-bond donors (Lipinski definition) is 3. The zero-order valence-corrected chi connectivity index (χ0v) is 58.6. The lowest BCUT2D eigenvalue weighted by Crippen LogP contribution is -2.45. The Bertz CT molecular complexity index is 1350. The molecule has 2 unspecified atom stereocenters. The van der Waals surface area contributed by atoms with Gasteiger partial charge in [-0.05, 0) is 57.8 Å². The molecule has 6 nitrogen and oxygen atoms in total. The van der Waals surface area contributed by atoms with Crippen molar-refractivity contribution in [3.8, 4) is 0 Å². The van der Waals surface area contributed by atoms with Crippen molar-refractivity contribution in [1.82, 2.24) is 5.32 Å². The third-order valence-electron chi connectivity index (χ3n) is 18.8. The molecule has 0 aliphatic rings. The molecule has 2 atom stereocenters. The smallest absolute Gasteiger partial charge is 0.305 e. The molecule has 3 N–H and O–H groups in total. The average molecular weight is 1210 g/mol. The van der Waals surface area contributed by atoms with Gasteiger partial charge in [-0.25, -0.2) is 0 Å². The summed E-state index contributed by atoms with van der Waals surface area (Å²) in [7, 11) is 0. The van der Waals surface area contributed by atoms with Gasteiger partial charge in [-0.1, -0.05) is 404 Å². The molecule has 86 heavy (non-hydrogen) atoms. The molecule has 6 heteroatoms. The van der Waals surface area contributed by atoms with Crippen LogP contribution in [0.3, 0.4) is 0 Å². The van der Waals surface area contributed by atoms with Crippen LogP contribution in [0.4, 0.5) is 0 Å². The molecule has 0 spiro atoms.